The van der Waals surface area contributed by atoms with Crippen LogP contribution in [-0.4, -0.2) is 24.3 Å². The molecule has 1 amide bonds. The van der Waals surface area contributed by atoms with Gasteiger partial charge in [-0.15, -0.1) is 0 Å². The monoisotopic (exact) mass is 556 g/mol. The van der Waals surface area contributed by atoms with Crippen molar-refractivity contribution in [3.63, 3.8) is 0 Å². The molecule has 0 radical (unpaired) electrons. The number of aliphatic imine (C=N–C) groups is 1. The van der Waals surface area contributed by atoms with Crippen LogP contribution in [0.25, 0.3) is 6.08 Å². The molecule has 1 fully saturated rings. The first kappa shape index (κ1) is 23.0. The number of hydrogen-bond acceptors (Lipinski definition) is 5. The van der Waals surface area contributed by atoms with Crippen LogP contribution in [0.15, 0.2) is 40.2 Å². The number of benzene rings is 2. The first-order valence-electron chi connectivity index (χ1n) is 9.41. The minimum atomic E-state index is -0.188. The first-order chi connectivity index (χ1) is 14.3. The summed E-state index contributed by atoms with van der Waals surface area (Å²) in [4.78, 5) is 17.6. The molecule has 1 aliphatic rings. The molecule has 1 aliphatic heterocycles. The van der Waals surface area contributed by atoms with E-state index in [-0.39, 0.29) is 12.0 Å². The zero-order valence-electron chi connectivity index (χ0n) is 17.1. The molecule has 8 heteroatoms. The molecular weight excluding hydrogens is 535 g/mol. The third kappa shape index (κ3) is 5.31. The fraction of sp³-hybridized carbons (Fsp3) is 0.273. The van der Waals surface area contributed by atoms with Gasteiger partial charge in [-0.3, -0.25) is 4.79 Å². The number of nitrogens with zero attached hydrogens (tertiary/aromatic N) is 1. The molecule has 158 valence electrons. The SMILES string of the molecule is CC[C@@H](C)Oc1c(I)cc(/C=C2/SC(=Nc3cccc(Cl)c3C)NC2=O)cc1OC. The standard InChI is InChI=1S/C22H22ClIN2O3S/c1-5-12(2)29-20-16(24)9-14(10-18(20)28-4)11-19-21(27)26-22(30-19)25-17-8-6-7-15(23)13(17)3/h6-12H,5H2,1-4H3,(H,25,26,27)/b19-11+/t12-/m1/s1. The van der Waals surface area contributed by atoms with E-state index in [1.54, 1.807) is 7.11 Å². The van der Waals surface area contributed by atoms with Gasteiger partial charge in [-0.2, -0.15) is 0 Å². The number of amides is 1. The van der Waals surface area contributed by atoms with Gasteiger partial charge in [0.15, 0.2) is 16.7 Å². The van der Waals surface area contributed by atoms with Crippen molar-refractivity contribution in [1.29, 1.82) is 0 Å². The van der Waals surface area contributed by atoms with Crippen LogP contribution in [0, 0.1) is 10.5 Å². The quantitative estimate of drug-likeness (QED) is 0.334. The number of nitrogens with one attached hydrogen (secondary N) is 1. The van der Waals surface area contributed by atoms with Crippen molar-refractivity contribution in [2.24, 2.45) is 4.99 Å². The van der Waals surface area contributed by atoms with E-state index in [0.29, 0.717) is 20.8 Å². The predicted molar refractivity (Wildman–Crippen MR) is 133 cm³/mol. The van der Waals surface area contributed by atoms with Crippen LogP contribution in [0.5, 0.6) is 11.5 Å². The Morgan fingerprint density at radius 3 is 2.83 bits per heavy atom. The van der Waals surface area contributed by atoms with E-state index < -0.39 is 0 Å². The number of rotatable bonds is 6. The molecule has 1 heterocycles. The summed E-state index contributed by atoms with van der Waals surface area (Å²) >= 11 is 9.68. The van der Waals surface area contributed by atoms with Crippen molar-refractivity contribution >= 4 is 68.8 Å². The zero-order chi connectivity index (χ0) is 21.8. The maximum atomic E-state index is 12.5. The molecule has 0 aliphatic carbocycles. The van der Waals surface area contributed by atoms with Crippen molar-refractivity contribution < 1.29 is 14.3 Å². The Balaban J connectivity index is 1.88. The van der Waals surface area contributed by atoms with E-state index in [1.165, 1.54) is 11.8 Å². The van der Waals surface area contributed by atoms with Crippen molar-refractivity contribution in [3.8, 4) is 11.5 Å². The molecule has 0 spiro atoms. The highest BCUT2D eigenvalue weighted by Crippen LogP contribution is 2.37. The molecule has 0 unspecified atom stereocenters. The van der Waals surface area contributed by atoms with Gasteiger partial charge in [0, 0.05) is 5.02 Å². The number of halogens is 2. The Morgan fingerprint density at radius 1 is 1.37 bits per heavy atom. The van der Waals surface area contributed by atoms with E-state index in [9.17, 15) is 4.79 Å². The molecule has 2 aromatic carbocycles. The number of carbonyl (C=O) groups is 1. The summed E-state index contributed by atoms with van der Waals surface area (Å²) in [5.74, 6) is 1.17. The number of thioether (sulfide) groups is 1. The van der Waals surface area contributed by atoms with Crippen molar-refractivity contribution in [1.82, 2.24) is 5.32 Å². The summed E-state index contributed by atoms with van der Waals surface area (Å²) in [6, 6.07) is 9.36. The normalized spacial score (nSPS) is 17.3. The van der Waals surface area contributed by atoms with E-state index in [1.807, 2.05) is 50.3 Å². The van der Waals surface area contributed by atoms with Gasteiger partial charge in [0.05, 0.1) is 27.4 Å². The highest BCUT2D eigenvalue weighted by atomic mass is 127. The van der Waals surface area contributed by atoms with E-state index in [0.717, 1.165) is 32.6 Å². The van der Waals surface area contributed by atoms with Gasteiger partial charge in [-0.1, -0.05) is 24.6 Å². The number of hydrogen-bond donors (Lipinski definition) is 1. The van der Waals surface area contributed by atoms with Gasteiger partial charge in [-0.05, 0) is 96.1 Å². The largest absolute Gasteiger partial charge is 0.493 e. The summed E-state index contributed by atoms with van der Waals surface area (Å²) in [5, 5.41) is 3.98. The van der Waals surface area contributed by atoms with E-state index >= 15 is 0 Å². The summed E-state index contributed by atoms with van der Waals surface area (Å²) in [5.41, 5.74) is 2.45. The smallest absolute Gasteiger partial charge is 0.264 e. The minimum absolute atomic E-state index is 0.0847. The molecular formula is C22H22ClIN2O3S. The minimum Gasteiger partial charge on any atom is -0.493 e. The van der Waals surface area contributed by atoms with Gasteiger partial charge in [0.25, 0.3) is 5.91 Å². The second-order valence-electron chi connectivity index (χ2n) is 6.74. The van der Waals surface area contributed by atoms with Gasteiger partial charge in [-0.25, -0.2) is 4.99 Å². The van der Waals surface area contributed by atoms with Crippen LogP contribution >= 0.6 is 46.0 Å². The number of methoxy groups -OCH3 is 1. The zero-order valence-corrected chi connectivity index (χ0v) is 20.8. The van der Waals surface area contributed by atoms with Gasteiger partial charge in [0.1, 0.15) is 0 Å². The lowest BCUT2D eigenvalue weighted by molar-refractivity contribution is -0.115. The highest BCUT2D eigenvalue weighted by molar-refractivity contribution is 14.1. The molecule has 1 N–H and O–H groups in total. The summed E-state index contributed by atoms with van der Waals surface area (Å²) in [7, 11) is 1.61. The summed E-state index contributed by atoms with van der Waals surface area (Å²) in [6.45, 7) is 5.99. The summed E-state index contributed by atoms with van der Waals surface area (Å²) < 4.78 is 12.4. The van der Waals surface area contributed by atoms with Crippen LogP contribution in [0.4, 0.5) is 5.69 Å². The third-order valence-electron chi connectivity index (χ3n) is 4.56. The van der Waals surface area contributed by atoms with Crippen LogP contribution in [0.3, 0.4) is 0 Å². The maximum Gasteiger partial charge on any atom is 0.264 e. The fourth-order valence-electron chi connectivity index (χ4n) is 2.68. The lowest BCUT2D eigenvalue weighted by Gasteiger charge is -2.17. The molecule has 5 nitrogen and oxygen atoms in total. The number of ether oxygens (including phenoxy) is 2. The fourth-order valence-corrected chi connectivity index (χ4v) is 4.44. The molecule has 30 heavy (non-hydrogen) atoms. The van der Waals surface area contributed by atoms with Crippen LogP contribution in [0.1, 0.15) is 31.4 Å². The third-order valence-corrected chi connectivity index (χ3v) is 6.68. The average Bonchev–Trinajstić information content (AvgIpc) is 3.05. The molecule has 0 aromatic heterocycles. The highest BCUT2D eigenvalue weighted by Gasteiger charge is 2.24. The second-order valence-corrected chi connectivity index (χ2v) is 9.34. The van der Waals surface area contributed by atoms with Crippen LogP contribution < -0.4 is 14.8 Å². The Bertz CT molecular complexity index is 1040. The van der Waals surface area contributed by atoms with Gasteiger partial charge < -0.3 is 14.8 Å². The lowest BCUT2D eigenvalue weighted by Crippen LogP contribution is -2.19. The summed E-state index contributed by atoms with van der Waals surface area (Å²) in [6.07, 6.45) is 2.81. The van der Waals surface area contributed by atoms with Crippen molar-refractivity contribution in [3.05, 3.63) is 55.0 Å². The molecule has 3 rings (SSSR count). The number of carbonyl (C=O) groups excluding carboxylic acids is 1. The van der Waals surface area contributed by atoms with Crippen LogP contribution in [-0.2, 0) is 4.79 Å². The maximum absolute atomic E-state index is 12.5. The second kappa shape index (κ2) is 10.1. The van der Waals surface area contributed by atoms with Crippen LogP contribution in [0.2, 0.25) is 5.02 Å². The lowest BCUT2D eigenvalue weighted by atomic mass is 10.1. The molecule has 0 saturated carbocycles. The van der Waals surface area contributed by atoms with E-state index in [4.69, 9.17) is 21.1 Å². The molecule has 0 bridgehead atoms. The Hall–Kier alpha value is -1.71. The topological polar surface area (TPSA) is 59.9 Å². The van der Waals surface area contributed by atoms with Crippen molar-refractivity contribution in [2.45, 2.75) is 33.3 Å². The Labute approximate surface area is 199 Å². The first-order valence-corrected chi connectivity index (χ1v) is 11.7. The molecule has 1 atom stereocenters. The van der Waals surface area contributed by atoms with E-state index in [2.05, 4.69) is 39.8 Å². The Kier molecular flexibility index (Phi) is 7.70. The number of amidine groups is 1. The molecule has 2 aromatic rings. The molecule has 1 saturated heterocycles. The Morgan fingerprint density at radius 2 is 2.13 bits per heavy atom. The van der Waals surface area contributed by atoms with Gasteiger partial charge in [0.2, 0.25) is 0 Å². The predicted octanol–water partition coefficient (Wildman–Crippen LogP) is 6.33. The average molecular weight is 557 g/mol. The van der Waals surface area contributed by atoms with Crippen molar-refractivity contribution in [2.75, 3.05) is 7.11 Å². The van der Waals surface area contributed by atoms with Gasteiger partial charge >= 0.3 is 0 Å².